The van der Waals surface area contributed by atoms with Crippen molar-refractivity contribution in [3.8, 4) is 0 Å². The highest BCUT2D eigenvalue weighted by Crippen LogP contribution is 2.19. The maximum Gasteiger partial charge on any atom is 0.320 e. The summed E-state index contributed by atoms with van der Waals surface area (Å²) in [5.74, 6) is 0.567. The first-order valence-corrected chi connectivity index (χ1v) is 7.49. The third-order valence-electron chi connectivity index (χ3n) is 4.21. The minimum atomic E-state index is 0.272. The second kappa shape index (κ2) is 6.41. The van der Waals surface area contributed by atoms with E-state index in [1.165, 1.54) is 19.3 Å². The quantitative estimate of drug-likeness (QED) is 0.834. The lowest BCUT2D eigenvalue weighted by atomic mass is 9.94. The number of hydrogen-bond acceptors (Lipinski definition) is 2. The highest BCUT2D eigenvalue weighted by Gasteiger charge is 2.31. The normalized spacial score (nSPS) is 28.8. The smallest absolute Gasteiger partial charge is 0.320 e. The number of amides is 2. The molecule has 0 saturated carbocycles. The largest absolute Gasteiger partial charge is 0.325 e. The zero-order valence-electron chi connectivity index (χ0n) is 11.8. The molecule has 2 unspecified atom stereocenters. The molecule has 0 aromatic carbocycles. The first kappa shape index (κ1) is 13.7. The van der Waals surface area contributed by atoms with Crippen LogP contribution in [0.4, 0.5) is 4.79 Å². The Labute approximate surface area is 111 Å². The van der Waals surface area contributed by atoms with Gasteiger partial charge in [0.15, 0.2) is 0 Å². The van der Waals surface area contributed by atoms with E-state index in [1.807, 2.05) is 4.90 Å². The van der Waals surface area contributed by atoms with Gasteiger partial charge in [-0.1, -0.05) is 13.8 Å². The zero-order chi connectivity index (χ0) is 13.0. The highest BCUT2D eigenvalue weighted by molar-refractivity contribution is 5.74. The lowest BCUT2D eigenvalue weighted by molar-refractivity contribution is 0.125. The molecule has 2 rings (SSSR count). The summed E-state index contributed by atoms with van der Waals surface area (Å²) in [5, 5.41) is 3.60. The first-order valence-electron chi connectivity index (χ1n) is 7.49. The molecular formula is C14H27N3O. The van der Waals surface area contributed by atoms with Gasteiger partial charge in [0.25, 0.3) is 0 Å². The Morgan fingerprint density at radius 1 is 1.22 bits per heavy atom. The van der Waals surface area contributed by atoms with Crippen molar-refractivity contribution in [2.45, 2.75) is 45.6 Å². The molecule has 0 spiro atoms. The summed E-state index contributed by atoms with van der Waals surface area (Å²) in [7, 11) is 0. The number of hydrogen-bond donors (Lipinski definition) is 1. The molecule has 2 fully saturated rings. The van der Waals surface area contributed by atoms with E-state index in [0.717, 1.165) is 39.1 Å². The molecule has 4 heteroatoms. The van der Waals surface area contributed by atoms with Gasteiger partial charge in [-0.25, -0.2) is 4.79 Å². The number of urea groups is 1. The van der Waals surface area contributed by atoms with Crippen molar-refractivity contribution in [1.82, 2.24) is 15.1 Å². The fourth-order valence-electron chi connectivity index (χ4n) is 3.06. The van der Waals surface area contributed by atoms with Gasteiger partial charge in [0.2, 0.25) is 0 Å². The van der Waals surface area contributed by atoms with Gasteiger partial charge in [-0.15, -0.1) is 0 Å². The molecule has 2 atom stereocenters. The van der Waals surface area contributed by atoms with E-state index < -0.39 is 0 Å². The van der Waals surface area contributed by atoms with Crippen LogP contribution in [0.25, 0.3) is 0 Å². The van der Waals surface area contributed by atoms with Crippen molar-refractivity contribution >= 4 is 6.03 Å². The number of nitrogens with zero attached hydrogens (tertiary/aromatic N) is 2. The van der Waals surface area contributed by atoms with Crippen LogP contribution in [-0.2, 0) is 0 Å². The van der Waals surface area contributed by atoms with Gasteiger partial charge in [-0.3, -0.25) is 0 Å². The molecule has 2 heterocycles. The van der Waals surface area contributed by atoms with Crippen molar-refractivity contribution < 1.29 is 4.79 Å². The Morgan fingerprint density at radius 3 is 2.56 bits per heavy atom. The molecule has 1 N–H and O–H groups in total. The molecule has 0 aliphatic carbocycles. The monoisotopic (exact) mass is 253 g/mol. The third-order valence-corrected chi connectivity index (χ3v) is 4.21. The van der Waals surface area contributed by atoms with Gasteiger partial charge in [-0.2, -0.15) is 0 Å². The molecule has 2 amide bonds. The van der Waals surface area contributed by atoms with Gasteiger partial charge in [0.1, 0.15) is 0 Å². The zero-order valence-corrected chi connectivity index (χ0v) is 11.8. The van der Waals surface area contributed by atoms with Crippen LogP contribution in [0.15, 0.2) is 0 Å². The van der Waals surface area contributed by atoms with E-state index in [9.17, 15) is 4.79 Å². The topological polar surface area (TPSA) is 35.6 Å². The third kappa shape index (κ3) is 3.16. The minimum absolute atomic E-state index is 0.272. The van der Waals surface area contributed by atoms with Crippen LogP contribution in [0.3, 0.4) is 0 Å². The maximum absolute atomic E-state index is 12.3. The van der Waals surface area contributed by atoms with E-state index >= 15 is 0 Å². The van der Waals surface area contributed by atoms with Crippen LogP contribution >= 0.6 is 0 Å². The van der Waals surface area contributed by atoms with Crippen LogP contribution in [0.1, 0.15) is 39.5 Å². The van der Waals surface area contributed by atoms with Crippen molar-refractivity contribution in [2.24, 2.45) is 5.92 Å². The van der Waals surface area contributed by atoms with Crippen LogP contribution in [-0.4, -0.2) is 54.6 Å². The molecule has 0 aromatic rings. The summed E-state index contributed by atoms with van der Waals surface area (Å²) >= 11 is 0. The molecule has 2 aliphatic rings. The number of carbonyl (C=O) groups is 1. The number of nitrogens with one attached hydrogen (secondary N) is 1. The average molecular weight is 253 g/mol. The standard InChI is InChI=1S/C14H27N3O/c1-3-7-15-13-6-10-17(11-12(13)2)14(18)16-8-4-5-9-16/h12-13,15H,3-11H2,1-2H3. The molecule has 104 valence electrons. The molecular weight excluding hydrogens is 226 g/mol. The maximum atomic E-state index is 12.3. The predicted octanol–water partition coefficient (Wildman–Crippen LogP) is 1.91. The van der Waals surface area contributed by atoms with Crippen molar-refractivity contribution in [3.63, 3.8) is 0 Å². The average Bonchev–Trinajstić information content (AvgIpc) is 2.90. The predicted molar refractivity (Wildman–Crippen MR) is 73.6 cm³/mol. The summed E-state index contributed by atoms with van der Waals surface area (Å²) in [6.45, 7) is 9.30. The van der Waals surface area contributed by atoms with Crippen LogP contribution < -0.4 is 5.32 Å². The Hall–Kier alpha value is -0.770. The summed E-state index contributed by atoms with van der Waals surface area (Å²) in [5.41, 5.74) is 0. The number of rotatable bonds is 3. The van der Waals surface area contributed by atoms with E-state index in [0.29, 0.717) is 12.0 Å². The second-order valence-corrected chi connectivity index (χ2v) is 5.75. The Balaban J connectivity index is 1.81. The lowest BCUT2D eigenvalue weighted by Crippen LogP contribution is -2.53. The van der Waals surface area contributed by atoms with Crippen molar-refractivity contribution in [1.29, 1.82) is 0 Å². The second-order valence-electron chi connectivity index (χ2n) is 5.75. The molecule has 2 aliphatic heterocycles. The van der Waals surface area contributed by atoms with Crippen molar-refractivity contribution in [3.05, 3.63) is 0 Å². The fraction of sp³-hybridized carbons (Fsp3) is 0.929. The Bertz CT molecular complexity index is 276. The summed E-state index contributed by atoms with van der Waals surface area (Å²) in [6.07, 6.45) is 4.63. The minimum Gasteiger partial charge on any atom is -0.325 e. The van der Waals surface area contributed by atoms with E-state index in [1.54, 1.807) is 0 Å². The van der Waals surface area contributed by atoms with E-state index in [4.69, 9.17) is 0 Å². The number of piperidine rings is 1. The number of carbonyl (C=O) groups excluding carboxylic acids is 1. The fourth-order valence-corrected chi connectivity index (χ4v) is 3.06. The Morgan fingerprint density at radius 2 is 1.94 bits per heavy atom. The molecule has 18 heavy (non-hydrogen) atoms. The van der Waals surface area contributed by atoms with Gasteiger partial charge in [0.05, 0.1) is 0 Å². The molecule has 0 bridgehead atoms. The van der Waals surface area contributed by atoms with Gasteiger partial charge < -0.3 is 15.1 Å². The van der Waals surface area contributed by atoms with Crippen molar-refractivity contribution in [2.75, 3.05) is 32.7 Å². The SMILES string of the molecule is CCCNC1CCN(C(=O)N2CCCC2)CC1C. The summed E-state index contributed by atoms with van der Waals surface area (Å²) < 4.78 is 0. The van der Waals surface area contributed by atoms with Gasteiger partial charge in [-0.05, 0) is 38.1 Å². The van der Waals surface area contributed by atoms with Crippen LogP contribution in [0, 0.1) is 5.92 Å². The van der Waals surface area contributed by atoms with E-state index in [2.05, 4.69) is 24.1 Å². The summed E-state index contributed by atoms with van der Waals surface area (Å²) in [6, 6.07) is 0.862. The van der Waals surface area contributed by atoms with Crippen LogP contribution in [0.2, 0.25) is 0 Å². The summed E-state index contributed by atoms with van der Waals surface area (Å²) in [4.78, 5) is 16.4. The highest BCUT2D eigenvalue weighted by atomic mass is 16.2. The van der Waals surface area contributed by atoms with Gasteiger partial charge >= 0.3 is 6.03 Å². The molecule has 4 nitrogen and oxygen atoms in total. The van der Waals surface area contributed by atoms with Crippen LogP contribution in [0.5, 0.6) is 0 Å². The Kier molecular flexibility index (Phi) is 4.87. The molecule has 0 aromatic heterocycles. The van der Waals surface area contributed by atoms with Gasteiger partial charge in [0, 0.05) is 32.2 Å². The molecule has 0 radical (unpaired) electrons. The first-order chi connectivity index (χ1) is 8.72. The lowest BCUT2D eigenvalue weighted by Gasteiger charge is -2.39. The number of likely N-dealkylation sites (tertiary alicyclic amines) is 2. The van der Waals surface area contributed by atoms with E-state index in [-0.39, 0.29) is 6.03 Å². The molecule has 2 saturated heterocycles.